The monoisotopic (exact) mass is 551 g/mol. The van der Waals surface area contributed by atoms with Gasteiger partial charge in [-0.25, -0.2) is 17.6 Å². The van der Waals surface area contributed by atoms with E-state index in [2.05, 4.69) is 31.1 Å². The minimum atomic E-state index is -4.06. The van der Waals surface area contributed by atoms with Crippen LogP contribution in [0.4, 0.5) is 20.6 Å². The number of nitrogens with zero attached hydrogens (tertiary/aromatic N) is 2. The van der Waals surface area contributed by atoms with Crippen molar-refractivity contribution in [3.05, 3.63) is 48.0 Å². The average molecular weight is 552 g/mol. The molecule has 0 saturated carbocycles. The molecule has 11 heteroatoms. The number of pyridine rings is 1. The SMILES string of the molecule is CC(C)(C)OC(=O)Nc1cnc2c(c1)N(S(=O)(=O)c1ccc(F)cc1)CC(C(C)(C)O[SiH2]C(C)(C)C)C2. The van der Waals surface area contributed by atoms with Crippen molar-refractivity contribution in [1.29, 1.82) is 0 Å². The van der Waals surface area contributed by atoms with Crippen LogP contribution in [-0.4, -0.2) is 47.0 Å². The third kappa shape index (κ3) is 7.52. The molecule has 0 fully saturated rings. The molecular formula is C26H38FN3O5SSi. The Kier molecular flexibility index (Phi) is 8.12. The number of fused-ring (bicyclic) bond motifs is 1. The van der Waals surface area contributed by atoms with Gasteiger partial charge < -0.3 is 9.16 Å². The summed E-state index contributed by atoms with van der Waals surface area (Å²) in [4.78, 5) is 16.8. The van der Waals surface area contributed by atoms with Crippen LogP contribution in [0.15, 0.2) is 41.4 Å². The van der Waals surface area contributed by atoms with E-state index in [9.17, 15) is 17.6 Å². The Bertz CT molecular complexity index is 1240. The third-order valence-corrected chi connectivity index (χ3v) is 9.50. The Labute approximate surface area is 221 Å². The van der Waals surface area contributed by atoms with Gasteiger partial charge in [0.2, 0.25) is 0 Å². The van der Waals surface area contributed by atoms with Gasteiger partial charge in [-0.05, 0) is 76.4 Å². The fourth-order valence-corrected chi connectivity index (χ4v) is 6.46. The average Bonchev–Trinajstić information content (AvgIpc) is 2.75. The smallest absolute Gasteiger partial charge is 0.412 e. The van der Waals surface area contributed by atoms with Crippen molar-refractivity contribution in [3.63, 3.8) is 0 Å². The Balaban J connectivity index is 2.02. The molecule has 1 atom stereocenters. The van der Waals surface area contributed by atoms with E-state index in [0.717, 1.165) is 12.1 Å². The molecule has 3 rings (SSSR count). The number of carbonyl (C=O) groups excluding carboxylic acids is 1. The van der Waals surface area contributed by atoms with E-state index in [4.69, 9.17) is 9.16 Å². The van der Waals surface area contributed by atoms with E-state index in [1.54, 1.807) is 26.8 Å². The highest BCUT2D eigenvalue weighted by atomic mass is 32.2. The van der Waals surface area contributed by atoms with Crippen LogP contribution in [0.25, 0.3) is 0 Å². The number of hydrogen-bond acceptors (Lipinski definition) is 6. The van der Waals surface area contributed by atoms with Crippen molar-refractivity contribution >= 4 is 37.3 Å². The number of aromatic nitrogens is 1. The van der Waals surface area contributed by atoms with Gasteiger partial charge in [-0.15, -0.1) is 0 Å². The van der Waals surface area contributed by atoms with Crippen LogP contribution >= 0.6 is 0 Å². The number of anilines is 2. The first-order chi connectivity index (χ1) is 16.9. The lowest BCUT2D eigenvalue weighted by Gasteiger charge is -2.43. The van der Waals surface area contributed by atoms with Crippen molar-refractivity contribution in [2.24, 2.45) is 5.92 Å². The Morgan fingerprint density at radius 3 is 2.30 bits per heavy atom. The summed E-state index contributed by atoms with van der Waals surface area (Å²) in [5.41, 5.74) is -0.0490. The molecule has 204 valence electrons. The fourth-order valence-electron chi connectivity index (χ4n) is 3.89. The number of ether oxygens (including phenoxy) is 1. The summed E-state index contributed by atoms with van der Waals surface area (Å²) in [5.74, 6) is -0.703. The van der Waals surface area contributed by atoms with Crippen LogP contribution in [0, 0.1) is 11.7 Å². The van der Waals surface area contributed by atoms with Gasteiger partial charge in [-0.2, -0.15) is 0 Å². The zero-order valence-corrected chi connectivity index (χ0v) is 25.1. The number of nitrogens with one attached hydrogen (secondary N) is 1. The van der Waals surface area contributed by atoms with E-state index in [0.29, 0.717) is 23.5 Å². The normalized spacial score (nSPS) is 17.1. The van der Waals surface area contributed by atoms with Crippen molar-refractivity contribution < 1.29 is 26.8 Å². The van der Waals surface area contributed by atoms with Gasteiger partial charge in [0.25, 0.3) is 10.0 Å². The van der Waals surface area contributed by atoms with Crippen LogP contribution in [0.2, 0.25) is 5.04 Å². The lowest BCUT2D eigenvalue weighted by Crippen LogP contribution is -2.49. The van der Waals surface area contributed by atoms with Crippen molar-refractivity contribution in [2.75, 3.05) is 16.2 Å². The minimum absolute atomic E-state index is 0.0335. The molecule has 1 unspecified atom stereocenters. The van der Waals surface area contributed by atoms with Gasteiger partial charge in [0.1, 0.15) is 11.4 Å². The van der Waals surface area contributed by atoms with Gasteiger partial charge in [0, 0.05) is 12.5 Å². The van der Waals surface area contributed by atoms with Gasteiger partial charge in [-0.1, -0.05) is 20.8 Å². The zero-order valence-electron chi connectivity index (χ0n) is 22.9. The van der Waals surface area contributed by atoms with Crippen molar-refractivity contribution in [2.45, 2.75) is 82.9 Å². The highest BCUT2D eigenvalue weighted by molar-refractivity contribution is 7.92. The second-order valence-corrected chi connectivity index (χ2v) is 16.7. The first-order valence-electron chi connectivity index (χ1n) is 12.3. The predicted molar refractivity (Wildman–Crippen MR) is 146 cm³/mol. The van der Waals surface area contributed by atoms with E-state index < -0.39 is 42.9 Å². The van der Waals surface area contributed by atoms with E-state index in [-0.39, 0.29) is 22.4 Å². The van der Waals surface area contributed by atoms with Gasteiger partial charge in [-0.3, -0.25) is 14.6 Å². The summed E-state index contributed by atoms with van der Waals surface area (Å²) in [6.07, 6.45) is 1.33. The quantitative estimate of drug-likeness (QED) is 0.506. The van der Waals surface area contributed by atoms with Crippen LogP contribution in [0.5, 0.6) is 0 Å². The second kappa shape index (κ2) is 10.3. The number of hydrogen-bond donors (Lipinski definition) is 1. The summed E-state index contributed by atoms with van der Waals surface area (Å²) in [7, 11) is -4.97. The molecule has 0 bridgehead atoms. The van der Waals surface area contributed by atoms with Crippen LogP contribution in [0.1, 0.15) is 61.1 Å². The van der Waals surface area contributed by atoms with Gasteiger partial charge in [0.15, 0.2) is 9.76 Å². The first kappa shape index (κ1) is 29.1. The molecule has 37 heavy (non-hydrogen) atoms. The summed E-state index contributed by atoms with van der Waals surface area (Å²) in [5, 5.41) is 2.71. The topological polar surface area (TPSA) is 97.8 Å². The Morgan fingerprint density at radius 1 is 1.11 bits per heavy atom. The molecule has 1 aromatic heterocycles. The molecule has 1 amide bonds. The van der Waals surface area contributed by atoms with Crippen LogP contribution in [0.3, 0.4) is 0 Å². The number of amides is 1. The minimum Gasteiger partial charge on any atom is -0.444 e. The lowest BCUT2D eigenvalue weighted by molar-refractivity contribution is 0.0454. The van der Waals surface area contributed by atoms with E-state index in [1.165, 1.54) is 22.6 Å². The number of benzene rings is 1. The summed E-state index contributed by atoms with van der Waals surface area (Å²) >= 11 is 0. The second-order valence-electron chi connectivity index (χ2n) is 12.2. The molecule has 0 aliphatic carbocycles. The summed E-state index contributed by atoms with van der Waals surface area (Å²) < 4.78 is 54.2. The summed E-state index contributed by atoms with van der Waals surface area (Å²) in [6, 6.07) is 6.32. The van der Waals surface area contributed by atoms with Gasteiger partial charge >= 0.3 is 6.09 Å². The molecule has 2 aromatic rings. The van der Waals surface area contributed by atoms with E-state index >= 15 is 0 Å². The highest BCUT2D eigenvalue weighted by Gasteiger charge is 2.41. The molecule has 0 spiro atoms. The lowest BCUT2D eigenvalue weighted by atomic mass is 9.84. The maximum absolute atomic E-state index is 13.8. The largest absolute Gasteiger partial charge is 0.444 e. The number of sulfonamides is 1. The standard InChI is InChI=1S/C26H38FN3O5SSi/c1-24(2,3)34-23(31)29-19-14-22-21(28-15-19)13-17(26(7,8)35-37-25(4,5)6)16-30(22)36(32,33)20-11-9-18(27)10-12-20/h9-12,14-15,17H,13,16,37H2,1-8H3,(H,29,31). The van der Waals surface area contributed by atoms with Gasteiger partial charge in [0.05, 0.1) is 33.8 Å². The maximum atomic E-state index is 13.8. The maximum Gasteiger partial charge on any atom is 0.412 e. The first-order valence-corrected chi connectivity index (χ1v) is 15.0. The number of carbonyl (C=O) groups is 1. The molecular weight excluding hydrogens is 513 g/mol. The predicted octanol–water partition coefficient (Wildman–Crippen LogP) is 5.03. The van der Waals surface area contributed by atoms with E-state index in [1.807, 2.05) is 13.8 Å². The molecule has 0 saturated heterocycles. The molecule has 1 N–H and O–H groups in total. The van der Waals surface area contributed by atoms with Crippen molar-refractivity contribution in [3.8, 4) is 0 Å². The fraction of sp³-hybridized carbons (Fsp3) is 0.538. The molecule has 1 aliphatic rings. The summed E-state index contributed by atoms with van der Waals surface area (Å²) in [6.45, 7) is 15.8. The number of halogens is 1. The molecule has 8 nitrogen and oxygen atoms in total. The number of rotatable bonds is 6. The van der Waals surface area contributed by atoms with Crippen LogP contribution in [-0.2, 0) is 25.6 Å². The molecule has 1 aromatic carbocycles. The highest BCUT2D eigenvalue weighted by Crippen LogP contribution is 2.39. The zero-order chi connectivity index (χ0) is 27.8. The van der Waals surface area contributed by atoms with Crippen molar-refractivity contribution in [1.82, 2.24) is 4.98 Å². The molecule has 0 radical (unpaired) electrons. The molecule has 1 aliphatic heterocycles. The Morgan fingerprint density at radius 2 is 1.73 bits per heavy atom. The Hall–Kier alpha value is -2.50. The molecule has 2 heterocycles. The van der Waals surface area contributed by atoms with Crippen LogP contribution < -0.4 is 9.62 Å². The third-order valence-electron chi connectivity index (χ3n) is 5.95.